The summed E-state index contributed by atoms with van der Waals surface area (Å²) in [4.78, 5) is 0. The lowest BCUT2D eigenvalue weighted by molar-refractivity contribution is 0.174. The van der Waals surface area contributed by atoms with E-state index < -0.39 is 5.82 Å². The number of hydrogen-bond donors (Lipinski definition) is 1. The van der Waals surface area contributed by atoms with E-state index in [1.54, 1.807) is 24.3 Å². The molecule has 2 aromatic rings. The minimum Gasteiger partial charge on any atom is -0.454 e. The molecule has 0 saturated carbocycles. The highest BCUT2D eigenvalue weighted by Crippen LogP contribution is 2.35. The minimum absolute atomic E-state index is 0.198. The molecule has 4 nitrogen and oxygen atoms in total. The zero-order valence-electron chi connectivity index (χ0n) is 9.81. The molecule has 0 aromatic heterocycles. The highest BCUT2D eigenvalue weighted by atomic mass is 19.1. The number of nitrogens with one attached hydrogen (secondary N) is 1. The van der Waals surface area contributed by atoms with E-state index in [2.05, 4.69) is 5.32 Å². The van der Waals surface area contributed by atoms with Gasteiger partial charge in [0.05, 0.1) is 17.3 Å². The first kappa shape index (κ1) is 11.4. The lowest BCUT2D eigenvalue weighted by Gasteiger charge is -2.08. The van der Waals surface area contributed by atoms with Crippen molar-refractivity contribution >= 4 is 11.4 Å². The highest BCUT2D eigenvalue weighted by molar-refractivity contribution is 5.64. The first-order chi connectivity index (χ1) is 9.26. The Kier molecular flexibility index (Phi) is 2.69. The van der Waals surface area contributed by atoms with Gasteiger partial charge in [-0.15, -0.1) is 0 Å². The Morgan fingerprint density at radius 3 is 2.74 bits per heavy atom. The van der Waals surface area contributed by atoms with E-state index in [4.69, 9.17) is 14.7 Å². The Morgan fingerprint density at radius 2 is 1.95 bits per heavy atom. The van der Waals surface area contributed by atoms with Gasteiger partial charge in [-0.1, -0.05) is 0 Å². The summed E-state index contributed by atoms with van der Waals surface area (Å²) in [5.74, 6) is 0.821. The van der Waals surface area contributed by atoms with Crippen molar-refractivity contribution in [3.05, 3.63) is 47.8 Å². The zero-order chi connectivity index (χ0) is 13.2. The standard InChI is InChI=1S/C14H9FN2O2/c15-11-5-9(7-16)1-3-12(11)17-10-2-4-13-14(6-10)19-8-18-13/h1-6,17H,8H2. The fourth-order valence-corrected chi connectivity index (χ4v) is 1.82. The molecule has 19 heavy (non-hydrogen) atoms. The van der Waals surface area contributed by atoms with Crippen LogP contribution in [0.3, 0.4) is 0 Å². The van der Waals surface area contributed by atoms with Gasteiger partial charge in [0.15, 0.2) is 11.5 Å². The molecule has 0 fully saturated rings. The van der Waals surface area contributed by atoms with Crippen molar-refractivity contribution < 1.29 is 13.9 Å². The van der Waals surface area contributed by atoms with Crippen LogP contribution < -0.4 is 14.8 Å². The maximum absolute atomic E-state index is 13.7. The second-order valence-electron chi connectivity index (χ2n) is 4.00. The summed E-state index contributed by atoms with van der Waals surface area (Å²) >= 11 is 0. The van der Waals surface area contributed by atoms with Crippen LogP contribution in [0.1, 0.15) is 5.56 Å². The second kappa shape index (κ2) is 4.50. The third-order valence-corrected chi connectivity index (χ3v) is 2.75. The molecule has 0 unspecified atom stereocenters. The van der Waals surface area contributed by atoms with Gasteiger partial charge in [0.2, 0.25) is 6.79 Å². The molecule has 0 spiro atoms. The van der Waals surface area contributed by atoms with Crippen molar-refractivity contribution in [3.8, 4) is 17.6 Å². The summed E-state index contributed by atoms with van der Waals surface area (Å²) in [7, 11) is 0. The van der Waals surface area contributed by atoms with Gasteiger partial charge in [-0.2, -0.15) is 5.26 Å². The summed E-state index contributed by atoms with van der Waals surface area (Å²) in [5, 5.41) is 11.6. The summed E-state index contributed by atoms with van der Waals surface area (Å²) in [6.07, 6.45) is 0. The first-order valence-corrected chi connectivity index (χ1v) is 5.62. The second-order valence-corrected chi connectivity index (χ2v) is 4.00. The van der Waals surface area contributed by atoms with E-state index in [1.807, 2.05) is 6.07 Å². The molecule has 1 heterocycles. The molecule has 2 aromatic carbocycles. The van der Waals surface area contributed by atoms with Crippen LogP contribution >= 0.6 is 0 Å². The fraction of sp³-hybridized carbons (Fsp3) is 0.0714. The largest absolute Gasteiger partial charge is 0.454 e. The van der Waals surface area contributed by atoms with Gasteiger partial charge in [0, 0.05) is 11.8 Å². The molecule has 5 heteroatoms. The summed E-state index contributed by atoms with van der Waals surface area (Å²) in [6, 6.07) is 11.4. The fourth-order valence-electron chi connectivity index (χ4n) is 1.82. The van der Waals surface area contributed by atoms with Crippen molar-refractivity contribution in [2.24, 2.45) is 0 Å². The quantitative estimate of drug-likeness (QED) is 0.896. The maximum Gasteiger partial charge on any atom is 0.231 e. The number of anilines is 2. The van der Waals surface area contributed by atoms with E-state index >= 15 is 0 Å². The van der Waals surface area contributed by atoms with Gasteiger partial charge in [-0.25, -0.2) is 4.39 Å². The predicted octanol–water partition coefficient (Wildman–Crippen LogP) is 3.17. The third kappa shape index (κ3) is 2.16. The summed E-state index contributed by atoms with van der Waals surface area (Å²) in [6.45, 7) is 0.198. The molecule has 94 valence electrons. The monoisotopic (exact) mass is 256 g/mol. The molecule has 0 radical (unpaired) electrons. The third-order valence-electron chi connectivity index (χ3n) is 2.75. The lowest BCUT2D eigenvalue weighted by Crippen LogP contribution is -1.94. The predicted molar refractivity (Wildman–Crippen MR) is 67.0 cm³/mol. The highest BCUT2D eigenvalue weighted by Gasteiger charge is 2.13. The number of fused-ring (bicyclic) bond motifs is 1. The van der Waals surface area contributed by atoms with Crippen molar-refractivity contribution in [2.45, 2.75) is 0 Å². The van der Waals surface area contributed by atoms with Crippen LogP contribution in [0.25, 0.3) is 0 Å². The Hall–Kier alpha value is -2.74. The van der Waals surface area contributed by atoms with Crippen LogP contribution in [-0.2, 0) is 0 Å². The van der Waals surface area contributed by atoms with Gasteiger partial charge in [-0.3, -0.25) is 0 Å². The topological polar surface area (TPSA) is 54.3 Å². The number of nitrogens with zero attached hydrogens (tertiary/aromatic N) is 1. The summed E-state index contributed by atoms with van der Waals surface area (Å²) in [5.41, 5.74) is 1.28. The number of nitriles is 1. The van der Waals surface area contributed by atoms with Crippen LogP contribution in [0, 0.1) is 17.1 Å². The lowest BCUT2D eigenvalue weighted by atomic mass is 10.2. The Bertz CT molecular complexity index is 680. The molecule has 0 atom stereocenters. The molecule has 0 amide bonds. The van der Waals surface area contributed by atoms with Crippen LogP contribution in [0.2, 0.25) is 0 Å². The normalized spacial score (nSPS) is 12.0. The zero-order valence-corrected chi connectivity index (χ0v) is 9.81. The van der Waals surface area contributed by atoms with Crippen molar-refractivity contribution in [3.63, 3.8) is 0 Å². The molecule has 1 N–H and O–H groups in total. The number of rotatable bonds is 2. The van der Waals surface area contributed by atoms with Crippen LogP contribution in [0.4, 0.5) is 15.8 Å². The Morgan fingerprint density at radius 1 is 1.11 bits per heavy atom. The summed E-state index contributed by atoms with van der Waals surface area (Å²) < 4.78 is 24.2. The molecular weight excluding hydrogens is 247 g/mol. The van der Waals surface area contributed by atoms with Gasteiger partial charge in [0.25, 0.3) is 0 Å². The smallest absolute Gasteiger partial charge is 0.231 e. The van der Waals surface area contributed by atoms with E-state index in [9.17, 15) is 4.39 Å². The number of halogens is 1. The van der Waals surface area contributed by atoms with E-state index in [-0.39, 0.29) is 12.4 Å². The first-order valence-electron chi connectivity index (χ1n) is 5.62. The van der Waals surface area contributed by atoms with Gasteiger partial charge in [-0.05, 0) is 30.3 Å². The molecule has 0 aliphatic carbocycles. The van der Waals surface area contributed by atoms with Crippen molar-refractivity contribution in [1.82, 2.24) is 0 Å². The number of benzene rings is 2. The van der Waals surface area contributed by atoms with Gasteiger partial charge >= 0.3 is 0 Å². The molecule has 3 rings (SSSR count). The molecule has 0 bridgehead atoms. The molecule has 1 aliphatic rings. The molecule has 1 aliphatic heterocycles. The van der Waals surface area contributed by atoms with Crippen LogP contribution in [0.15, 0.2) is 36.4 Å². The number of hydrogen-bond acceptors (Lipinski definition) is 4. The Balaban J connectivity index is 1.87. The van der Waals surface area contributed by atoms with E-state index in [0.29, 0.717) is 22.9 Å². The maximum atomic E-state index is 13.7. The van der Waals surface area contributed by atoms with Crippen LogP contribution in [-0.4, -0.2) is 6.79 Å². The number of ether oxygens (including phenoxy) is 2. The molecular formula is C14H9FN2O2. The van der Waals surface area contributed by atoms with Crippen LogP contribution in [0.5, 0.6) is 11.5 Å². The van der Waals surface area contributed by atoms with Crippen molar-refractivity contribution in [1.29, 1.82) is 5.26 Å². The van der Waals surface area contributed by atoms with Crippen molar-refractivity contribution in [2.75, 3.05) is 12.1 Å². The van der Waals surface area contributed by atoms with Gasteiger partial charge < -0.3 is 14.8 Å². The Labute approximate surface area is 109 Å². The molecule has 0 saturated heterocycles. The van der Waals surface area contributed by atoms with E-state index in [1.165, 1.54) is 12.1 Å². The van der Waals surface area contributed by atoms with Gasteiger partial charge in [0.1, 0.15) is 5.82 Å². The SMILES string of the molecule is N#Cc1ccc(Nc2ccc3c(c2)OCO3)c(F)c1. The van der Waals surface area contributed by atoms with E-state index in [0.717, 1.165) is 0 Å². The average Bonchev–Trinajstić information content (AvgIpc) is 2.88. The minimum atomic E-state index is -0.475. The average molecular weight is 256 g/mol.